The molecule has 2 aromatic heterocycles. The van der Waals surface area contributed by atoms with Crippen LogP contribution < -0.4 is 5.56 Å². The van der Waals surface area contributed by atoms with E-state index in [9.17, 15) is 4.79 Å². The highest BCUT2D eigenvalue weighted by atomic mass is 32.2. The third kappa shape index (κ3) is 2.71. The van der Waals surface area contributed by atoms with E-state index in [2.05, 4.69) is 24.3 Å². The highest BCUT2D eigenvalue weighted by Gasteiger charge is 2.28. The van der Waals surface area contributed by atoms with E-state index in [1.165, 1.54) is 16.9 Å². The van der Waals surface area contributed by atoms with Crippen molar-refractivity contribution < 1.29 is 0 Å². The quantitative estimate of drug-likeness (QED) is 0.522. The Balaban J connectivity index is 1.60. The molecule has 0 amide bonds. The molecule has 0 spiro atoms. The fourth-order valence-electron chi connectivity index (χ4n) is 2.57. The summed E-state index contributed by atoms with van der Waals surface area (Å²) >= 11 is 3.20. The minimum Gasteiger partial charge on any atom is -0.283 e. The molecule has 0 bridgehead atoms. The topological polar surface area (TPSA) is 34.9 Å². The molecule has 4 rings (SSSR count). The van der Waals surface area contributed by atoms with Crippen molar-refractivity contribution >= 4 is 33.3 Å². The molecular formula is C17H16N2OS2. The summed E-state index contributed by atoms with van der Waals surface area (Å²) in [4.78, 5) is 17.4. The summed E-state index contributed by atoms with van der Waals surface area (Å²) in [5, 5.41) is 2.84. The minimum absolute atomic E-state index is 0.143. The van der Waals surface area contributed by atoms with Crippen LogP contribution in [0.15, 0.2) is 51.7 Å². The summed E-state index contributed by atoms with van der Waals surface area (Å²) in [7, 11) is 0. The summed E-state index contributed by atoms with van der Waals surface area (Å²) in [6.07, 6.45) is 3.20. The maximum absolute atomic E-state index is 12.6. The number of hydrogen-bond donors (Lipinski definition) is 0. The zero-order valence-electron chi connectivity index (χ0n) is 12.1. The van der Waals surface area contributed by atoms with E-state index in [1.807, 2.05) is 22.1 Å². The molecule has 0 atom stereocenters. The van der Waals surface area contributed by atoms with E-state index in [4.69, 9.17) is 4.98 Å². The number of aromatic nitrogens is 2. The lowest BCUT2D eigenvalue weighted by atomic mass is 10.2. The number of fused-ring (bicyclic) bond motifs is 1. The van der Waals surface area contributed by atoms with Crippen LogP contribution in [-0.4, -0.2) is 15.3 Å². The van der Waals surface area contributed by atoms with Crippen LogP contribution in [-0.2, 0) is 6.42 Å². The van der Waals surface area contributed by atoms with Gasteiger partial charge in [-0.3, -0.25) is 9.36 Å². The Kier molecular flexibility index (Phi) is 3.76. The van der Waals surface area contributed by atoms with Crippen LogP contribution in [0.25, 0.3) is 10.2 Å². The van der Waals surface area contributed by atoms with Crippen LogP contribution in [0.5, 0.6) is 0 Å². The molecule has 0 N–H and O–H groups in total. The van der Waals surface area contributed by atoms with Crippen LogP contribution in [0.3, 0.4) is 0 Å². The van der Waals surface area contributed by atoms with E-state index in [0.29, 0.717) is 6.04 Å². The molecule has 1 aliphatic carbocycles. The molecule has 1 aliphatic rings. The zero-order valence-corrected chi connectivity index (χ0v) is 13.7. The van der Waals surface area contributed by atoms with Gasteiger partial charge >= 0.3 is 0 Å². The molecule has 1 saturated carbocycles. The SMILES string of the molecule is O=c1c2sccc2nc(SCCc2ccccc2)n1C1CC1. The standard InChI is InChI=1S/C17H16N2OS2/c20-16-15-14(9-11-21-15)18-17(19(16)13-6-7-13)22-10-8-12-4-2-1-3-5-12/h1-5,9,11,13H,6-8,10H2. The summed E-state index contributed by atoms with van der Waals surface area (Å²) < 4.78 is 2.72. The Morgan fingerprint density at radius 1 is 1.23 bits per heavy atom. The third-order valence-corrected chi connectivity index (χ3v) is 5.70. The number of benzene rings is 1. The zero-order chi connectivity index (χ0) is 14.9. The van der Waals surface area contributed by atoms with Gasteiger partial charge in [-0.1, -0.05) is 42.1 Å². The average molecular weight is 328 g/mol. The molecule has 0 saturated heterocycles. The van der Waals surface area contributed by atoms with Crippen molar-refractivity contribution in [1.29, 1.82) is 0 Å². The fraction of sp³-hybridized carbons (Fsp3) is 0.294. The molecule has 22 heavy (non-hydrogen) atoms. The van der Waals surface area contributed by atoms with Crippen LogP contribution >= 0.6 is 23.1 Å². The van der Waals surface area contributed by atoms with Gasteiger partial charge in [-0.05, 0) is 36.3 Å². The van der Waals surface area contributed by atoms with Gasteiger partial charge in [-0.25, -0.2) is 4.98 Å². The smallest absolute Gasteiger partial charge is 0.272 e. The van der Waals surface area contributed by atoms with Gasteiger partial charge in [0.1, 0.15) is 4.70 Å². The van der Waals surface area contributed by atoms with Crippen LogP contribution in [0.4, 0.5) is 0 Å². The first kappa shape index (κ1) is 14.0. The van der Waals surface area contributed by atoms with Crippen molar-refractivity contribution in [3.8, 4) is 0 Å². The average Bonchev–Trinajstić information content (AvgIpc) is 3.25. The Labute approximate surface area is 137 Å². The first-order valence-electron chi connectivity index (χ1n) is 7.49. The van der Waals surface area contributed by atoms with E-state index in [0.717, 1.165) is 40.4 Å². The second kappa shape index (κ2) is 5.89. The Hall–Kier alpha value is -1.59. The van der Waals surface area contributed by atoms with Gasteiger partial charge in [-0.2, -0.15) is 0 Å². The molecule has 0 aliphatic heterocycles. The van der Waals surface area contributed by atoms with Crippen molar-refractivity contribution in [3.63, 3.8) is 0 Å². The summed E-state index contributed by atoms with van der Waals surface area (Å²) in [6.45, 7) is 0. The molecule has 0 unspecified atom stereocenters. The highest BCUT2D eigenvalue weighted by molar-refractivity contribution is 7.99. The van der Waals surface area contributed by atoms with E-state index >= 15 is 0 Å². The normalized spacial score (nSPS) is 14.5. The summed E-state index contributed by atoms with van der Waals surface area (Å²) in [5.74, 6) is 0.943. The van der Waals surface area contributed by atoms with E-state index in [-0.39, 0.29) is 5.56 Å². The maximum atomic E-state index is 12.6. The lowest BCUT2D eigenvalue weighted by Crippen LogP contribution is -2.21. The number of thioether (sulfide) groups is 1. The van der Waals surface area contributed by atoms with Crippen molar-refractivity contribution in [2.45, 2.75) is 30.5 Å². The van der Waals surface area contributed by atoms with Crippen molar-refractivity contribution in [3.05, 3.63) is 57.7 Å². The lowest BCUT2D eigenvalue weighted by Gasteiger charge is -2.10. The molecule has 112 valence electrons. The number of nitrogens with zero attached hydrogens (tertiary/aromatic N) is 2. The number of hydrogen-bond acceptors (Lipinski definition) is 4. The van der Waals surface area contributed by atoms with Gasteiger partial charge in [-0.15, -0.1) is 11.3 Å². The molecular weight excluding hydrogens is 312 g/mol. The van der Waals surface area contributed by atoms with Gasteiger partial charge in [0.25, 0.3) is 5.56 Å². The lowest BCUT2D eigenvalue weighted by molar-refractivity contribution is 0.619. The van der Waals surface area contributed by atoms with E-state index < -0.39 is 0 Å². The fourth-order valence-corrected chi connectivity index (χ4v) is 4.39. The summed E-state index contributed by atoms with van der Waals surface area (Å²) in [5.41, 5.74) is 2.31. The van der Waals surface area contributed by atoms with Gasteiger partial charge in [0.05, 0.1) is 5.52 Å². The van der Waals surface area contributed by atoms with Crippen LogP contribution in [0, 0.1) is 0 Å². The van der Waals surface area contributed by atoms with Crippen LogP contribution in [0.2, 0.25) is 0 Å². The first-order chi connectivity index (χ1) is 10.8. The van der Waals surface area contributed by atoms with Crippen LogP contribution in [0.1, 0.15) is 24.4 Å². The van der Waals surface area contributed by atoms with Gasteiger partial charge in [0, 0.05) is 11.8 Å². The Morgan fingerprint density at radius 2 is 2.05 bits per heavy atom. The Bertz CT molecular complexity index is 850. The molecule has 1 aromatic carbocycles. The molecule has 3 aromatic rings. The van der Waals surface area contributed by atoms with Gasteiger partial charge in [0.2, 0.25) is 0 Å². The molecule has 1 fully saturated rings. The minimum atomic E-state index is 0.143. The predicted octanol–water partition coefficient (Wildman–Crippen LogP) is 4.13. The monoisotopic (exact) mass is 328 g/mol. The largest absolute Gasteiger partial charge is 0.283 e. The van der Waals surface area contributed by atoms with Crippen molar-refractivity contribution in [2.75, 3.05) is 5.75 Å². The Morgan fingerprint density at radius 3 is 2.82 bits per heavy atom. The van der Waals surface area contributed by atoms with Crippen molar-refractivity contribution in [2.24, 2.45) is 0 Å². The number of thiophene rings is 1. The van der Waals surface area contributed by atoms with E-state index in [1.54, 1.807) is 11.8 Å². The first-order valence-corrected chi connectivity index (χ1v) is 9.36. The number of rotatable bonds is 5. The molecule has 2 heterocycles. The third-order valence-electron chi connectivity index (χ3n) is 3.86. The predicted molar refractivity (Wildman–Crippen MR) is 93.0 cm³/mol. The molecule has 5 heteroatoms. The maximum Gasteiger partial charge on any atom is 0.272 e. The molecule has 0 radical (unpaired) electrons. The second-order valence-electron chi connectivity index (χ2n) is 5.52. The molecule has 3 nitrogen and oxygen atoms in total. The van der Waals surface area contributed by atoms with Gasteiger partial charge in [0.15, 0.2) is 5.16 Å². The van der Waals surface area contributed by atoms with Gasteiger partial charge < -0.3 is 0 Å². The highest BCUT2D eigenvalue weighted by Crippen LogP contribution is 2.37. The number of aryl methyl sites for hydroxylation is 1. The second-order valence-corrected chi connectivity index (χ2v) is 7.50. The summed E-state index contributed by atoms with van der Waals surface area (Å²) in [6, 6.07) is 12.8. The van der Waals surface area contributed by atoms with Crippen molar-refractivity contribution in [1.82, 2.24) is 9.55 Å².